The van der Waals surface area contributed by atoms with E-state index in [1.807, 2.05) is 6.07 Å². The van der Waals surface area contributed by atoms with E-state index in [0.717, 1.165) is 44.8 Å². The molecule has 2 aliphatic heterocycles. The smallest absolute Gasteiger partial charge is 0.284 e. The molecule has 0 saturated carbocycles. The molecule has 0 aromatic carbocycles. The zero-order valence-corrected chi connectivity index (χ0v) is 14.9. The molecule has 0 spiro atoms. The lowest BCUT2D eigenvalue weighted by molar-refractivity contribution is 0.122. The third-order valence-electron chi connectivity index (χ3n) is 5.20. The van der Waals surface area contributed by atoms with E-state index in [9.17, 15) is 8.78 Å². The van der Waals surface area contributed by atoms with Crippen LogP contribution in [0, 0.1) is 0 Å². The summed E-state index contributed by atoms with van der Waals surface area (Å²) in [6.45, 7) is 4.59. The first kappa shape index (κ1) is 17.4. The minimum absolute atomic E-state index is 0.153. The summed E-state index contributed by atoms with van der Waals surface area (Å²) in [6.07, 6.45) is 2.56. The van der Waals surface area contributed by atoms with E-state index in [-0.39, 0.29) is 11.7 Å². The van der Waals surface area contributed by atoms with E-state index >= 15 is 0 Å². The van der Waals surface area contributed by atoms with Gasteiger partial charge < -0.3 is 14.5 Å². The van der Waals surface area contributed by atoms with Crippen LogP contribution in [0.4, 0.5) is 14.6 Å². The fourth-order valence-corrected chi connectivity index (χ4v) is 3.67. The number of rotatable bonds is 4. The molecule has 2 saturated heterocycles. The highest BCUT2D eigenvalue weighted by atomic mass is 19.3. The average Bonchev–Trinajstić information content (AvgIpc) is 3.30. The predicted molar refractivity (Wildman–Crippen MR) is 93.1 cm³/mol. The van der Waals surface area contributed by atoms with Crippen LogP contribution in [0.3, 0.4) is 0 Å². The lowest BCUT2D eigenvalue weighted by Gasteiger charge is -2.29. The van der Waals surface area contributed by atoms with E-state index in [2.05, 4.69) is 27.0 Å². The Morgan fingerprint density at radius 3 is 2.58 bits per heavy atom. The number of hydrogen-bond donors (Lipinski definition) is 0. The van der Waals surface area contributed by atoms with Gasteiger partial charge in [0.15, 0.2) is 5.69 Å². The number of aromatic nitrogens is 4. The SMILES string of the molecule is CN1CCC(n2cc(-n3nccc3N3CCOCC3)c(C(F)F)n2)CC1. The van der Waals surface area contributed by atoms with E-state index in [0.29, 0.717) is 18.9 Å². The summed E-state index contributed by atoms with van der Waals surface area (Å²) < 4.78 is 36.0. The van der Waals surface area contributed by atoms with Crippen molar-refractivity contribution in [1.29, 1.82) is 0 Å². The number of piperidine rings is 1. The second-order valence-corrected chi connectivity index (χ2v) is 6.92. The molecule has 9 heteroatoms. The lowest BCUT2D eigenvalue weighted by Crippen LogP contribution is -2.37. The molecule has 2 aliphatic rings. The molecule has 2 fully saturated rings. The number of anilines is 1. The van der Waals surface area contributed by atoms with E-state index in [1.165, 1.54) is 0 Å². The minimum atomic E-state index is -2.64. The van der Waals surface area contributed by atoms with Crippen LogP contribution in [0.25, 0.3) is 5.69 Å². The molecule has 0 atom stereocenters. The van der Waals surface area contributed by atoms with Gasteiger partial charge in [-0.1, -0.05) is 0 Å². The standard InChI is InChI=1S/C17H24F2N6O/c1-22-6-3-13(4-7-22)24-12-14(16(21-24)17(18)19)25-15(2-5-20-25)23-8-10-26-11-9-23/h2,5,12-13,17H,3-4,6-11H2,1H3. The number of hydrogen-bond acceptors (Lipinski definition) is 5. The highest BCUT2D eigenvalue weighted by Crippen LogP contribution is 2.31. The minimum Gasteiger partial charge on any atom is -0.378 e. The van der Waals surface area contributed by atoms with Gasteiger partial charge in [0.25, 0.3) is 6.43 Å². The molecule has 7 nitrogen and oxygen atoms in total. The fourth-order valence-electron chi connectivity index (χ4n) is 3.67. The van der Waals surface area contributed by atoms with Gasteiger partial charge in [0.05, 0.1) is 31.6 Å². The number of morpholine rings is 1. The first-order valence-electron chi connectivity index (χ1n) is 9.06. The van der Waals surface area contributed by atoms with Crippen molar-refractivity contribution in [1.82, 2.24) is 24.5 Å². The quantitative estimate of drug-likeness (QED) is 0.830. The fraction of sp³-hybridized carbons (Fsp3) is 0.647. The Bertz CT molecular complexity index is 731. The van der Waals surface area contributed by atoms with Crippen molar-refractivity contribution in [3.8, 4) is 5.69 Å². The van der Waals surface area contributed by atoms with E-state index < -0.39 is 6.43 Å². The largest absolute Gasteiger partial charge is 0.378 e. The van der Waals surface area contributed by atoms with Crippen LogP contribution in [0.15, 0.2) is 18.5 Å². The van der Waals surface area contributed by atoms with Crippen molar-refractivity contribution in [2.75, 3.05) is 51.3 Å². The number of halogens is 2. The lowest BCUT2D eigenvalue weighted by atomic mass is 10.1. The molecule has 2 aromatic heterocycles. The summed E-state index contributed by atoms with van der Waals surface area (Å²) in [4.78, 5) is 4.36. The van der Waals surface area contributed by atoms with Gasteiger partial charge in [-0.25, -0.2) is 13.5 Å². The molecule has 0 aliphatic carbocycles. The Morgan fingerprint density at radius 2 is 1.88 bits per heavy atom. The molecule has 0 amide bonds. The zero-order valence-electron chi connectivity index (χ0n) is 14.9. The topological polar surface area (TPSA) is 51.4 Å². The van der Waals surface area contributed by atoms with E-state index in [4.69, 9.17) is 4.74 Å². The van der Waals surface area contributed by atoms with Crippen LogP contribution in [0.5, 0.6) is 0 Å². The Morgan fingerprint density at radius 1 is 1.15 bits per heavy atom. The molecule has 0 N–H and O–H groups in total. The molecule has 4 heterocycles. The first-order chi connectivity index (χ1) is 12.6. The van der Waals surface area contributed by atoms with Crippen molar-refractivity contribution >= 4 is 5.82 Å². The van der Waals surface area contributed by atoms with Gasteiger partial charge in [-0.15, -0.1) is 0 Å². The summed E-state index contributed by atoms with van der Waals surface area (Å²) in [5.74, 6) is 0.804. The number of nitrogens with zero attached hydrogens (tertiary/aromatic N) is 6. The molecular weight excluding hydrogens is 342 g/mol. The molecule has 2 aromatic rings. The van der Waals surface area contributed by atoms with E-state index in [1.54, 1.807) is 21.8 Å². The normalized spacial score (nSPS) is 20.2. The predicted octanol–water partition coefficient (Wildman–Crippen LogP) is 2.11. The highest BCUT2D eigenvalue weighted by molar-refractivity contribution is 5.48. The van der Waals surface area contributed by atoms with Crippen molar-refractivity contribution in [3.63, 3.8) is 0 Å². The molecule has 142 valence electrons. The Kier molecular flexibility index (Phi) is 4.90. The van der Waals surface area contributed by atoms with Gasteiger partial charge in [0, 0.05) is 19.2 Å². The number of ether oxygens (including phenoxy) is 1. The Balaban J connectivity index is 1.67. The van der Waals surface area contributed by atoms with Gasteiger partial charge in [-0.3, -0.25) is 4.68 Å². The number of likely N-dealkylation sites (tertiary alicyclic amines) is 1. The van der Waals surface area contributed by atoms with Crippen LogP contribution >= 0.6 is 0 Å². The van der Waals surface area contributed by atoms with Crippen molar-refractivity contribution in [2.45, 2.75) is 25.3 Å². The van der Waals surface area contributed by atoms with Gasteiger partial charge in [-0.05, 0) is 33.0 Å². The summed E-state index contributed by atoms with van der Waals surface area (Å²) in [7, 11) is 2.08. The van der Waals surface area contributed by atoms with Crippen molar-refractivity contribution < 1.29 is 13.5 Å². The molecule has 0 radical (unpaired) electrons. The molecule has 26 heavy (non-hydrogen) atoms. The van der Waals surface area contributed by atoms with Crippen LogP contribution < -0.4 is 4.90 Å². The van der Waals surface area contributed by atoms with Gasteiger partial charge in [0.2, 0.25) is 0 Å². The maximum Gasteiger partial charge on any atom is 0.284 e. The summed E-state index contributed by atoms with van der Waals surface area (Å²) in [5, 5.41) is 8.56. The highest BCUT2D eigenvalue weighted by Gasteiger charge is 2.27. The first-order valence-corrected chi connectivity index (χ1v) is 9.06. The van der Waals surface area contributed by atoms with Crippen molar-refractivity contribution in [2.24, 2.45) is 0 Å². The average molecular weight is 366 g/mol. The monoisotopic (exact) mass is 366 g/mol. The van der Waals surface area contributed by atoms with Crippen LogP contribution in [-0.4, -0.2) is 70.9 Å². The third-order valence-corrected chi connectivity index (χ3v) is 5.20. The molecule has 0 unspecified atom stereocenters. The Hall–Kier alpha value is -2.00. The maximum absolute atomic E-state index is 13.7. The molecule has 4 rings (SSSR count). The van der Waals surface area contributed by atoms with Gasteiger partial charge >= 0.3 is 0 Å². The number of alkyl halides is 2. The second kappa shape index (κ2) is 7.32. The van der Waals surface area contributed by atoms with Gasteiger partial charge in [0.1, 0.15) is 11.5 Å². The maximum atomic E-state index is 13.7. The molecule has 0 bridgehead atoms. The summed E-state index contributed by atoms with van der Waals surface area (Å²) >= 11 is 0. The summed E-state index contributed by atoms with van der Waals surface area (Å²) in [6, 6.07) is 2.01. The van der Waals surface area contributed by atoms with Crippen LogP contribution in [-0.2, 0) is 4.74 Å². The van der Waals surface area contributed by atoms with Crippen molar-refractivity contribution in [3.05, 3.63) is 24.2 Å². The van der Waals surface area contributed by atoms with Gasteiger partial charge in [-0.2, -0.15) is 10.2 Å². The third kappa shape index (κ3) is 3.33. The second-order valence-electron chi connectivity index (χ2n) is 6.92. The Labute approximate surface area is 151 Å². The zero-order chi connectivity index (χ0) is 18.1. The summed E-state index contributed by atoms with van der Waals surface area (Å²) in [5.41, 5.74) is 0.160. The van der Waals surface area contributed by atoms with Crippen LogP contribution in [0.2, 0.25) is 0 Å². The molecular formula is C17H24F2N6O. The van der Waals surface area contributed by atoms with Crippen LogP contribution in [0.1, 0.15) is 31.0 Å².